The summed E-state index contributed by atoms with van der Waals surface area (Å²) in [4.78, 5) is 2.34. The number of para-hydroxylation sites is 1. The third kappa shape index (κ3) is 2.75. The molecule has 0 bridgehead atoms. The van der Waals surface area contributed by atoms with E-state index in [1.807, 2.05) is 0 Å². The minimum absolute atomic E-state index is 0.882. The molecule has 2 aromatic carbocycles. The quantitative estimate of drug-likeness (QED) is 0.715. The topological polar surface area (TPSA) is 3.24 Å². The average molecular weight is 304 g/mol. The van der Waals surface area contributed by atoms with E-state index in [9.17, 15) is 0 Å². The molecule has 0 fully saturated rings. The van der Waals surface area contributed by atoms with E-state index in [4.69, 9.17) is 0 Å². The van der Waals surface area contributed by atoms with Crippen molar-refractivity contribution in [2.45, 2.75) is 19.2 Å². The van der Waals surface area contributed by atoms with E-state index in [-0.39, 0.29) is 0 Å². The highest BCUT2D eigenvalue weighted by molar-refractivity contribution is 9.08. The van der Waals surface area contributed by atoms with E-state index >= 15 is 0 Å². The third-order valence-corrected chi connectivity index (χ3v) is 3.66. The minimum atomic E-state index is 0.882. The van der Waals surface area contributed by atoms with Gasteiger partial charge in [-0.25, -0.2) is 0 Å². The van der Waals surface area contributed by atoms with E-state index in [2.05, 4.69) is 83.2 Å². The van der Waals surface area contributed by atoms with Gasteiger partial charge in [-0.2, -0.15) is 0 Å². The number of benzene rings is 2. The Kier molecular flexibility index (Phi) is 4.43. The molecule has 94 valence electrons. The second kappa shape index (κ2) is 6.05. The van der Waals surface area contributed by atoms with Gasteiger partial charge in [-0.15, -0.1) is 0 Å². The van der Waals surface area contributed by atoms with Gasteiger partial charge in [0.25, 0.3) is 0 Å². The summed E-state index contributed by atoms with van der Waals surface area (Å²) in [6.07, 6.45) is 0. The summed E-state index contributed by atoms with van der Waals surface area (Å²) in [5.41, 5.74) is 5.16. The molecule has 0 amide bonds. The molecule has 0 unspecified atom stereocenters. The number of rotatable bonds is 4. The highest BCUT2D eigenvalue weighted by Gasteiger charge is 2.10. The molecule has 2 heteroatoms. The van der Waals surface area contributed by atoms with Crippen LogP contribution in [-0.2, 0) is 5.33 Å². The fraction of sp³-hybridized carbons (Fsp3) is 0.250. The number of aryl methyl sites for hydroxylation is 1. The third-order valence-electron chi connectivity index (χ3n) is 3.05. The van der Waals surface area contributed by atoms with Gasteiger partial charge in [0, 0.05) is 23.2 Å². The lowest BCUT2D eigenvalue weighted by Gasteiger charge is -2.25. The molecule has 0 atom stereocenters. The van der Waals surface area contributed by atoms with Crippen LogP contribution >= 0.6 is 15.9 Å². The summed E-state index contributed by atoms with van der Waals surface area (Å²) >= 11 is 3.59. The van der Waals surface area contributed by atoms with Gasteiger partial charge in [-0.1, -0.05) is 51.8 Å². The maximum atomic E-state index is 3.59. The molecule has 2 rings (SSSR count). The fourth-order valence-electron chi connectivity index (χ4n) is 2.18. The second-order valence-electron chi connectivity index (χ2n) is 4.35. The first-order chi connectivity index (χ1) is 8.76. The number of nitrogens with zero attached hydrogens (tertiary/aromatic N) is 1. The molecule has 0 saturated heterocycles. The SMILES string of the molecule is CCN(c1ccccc1)c1ccc(C)cc1CBr. The summed E-state index contributed by atoms with van der Waals surface area (Å²) in [5, 5.41) is 0.882. The molecule has 1 nitrogen and oxygen atoms in total. The van der Waals surface area contributed by atoms with Crippen molar-refractivity contribution in [1.82, 2.24) is 0 Å². The molecule has 0 saturated carbocycles. The van der Waals surface area contributed by atoms with E-state index in [1.54, 1.807) is 0 Å². The predicted molar refractivity (Wildman–Crippen MR) is 82.9 cm³/mol. The average Bonchev–Trinajstić information content (AvgIpc) is 2.42. The Morgan fingerprint density at radius 3 is 2.39 bits per heavy atom. The number of hydrogen-bond acceptors (Lipinski definition) is 1. The highest BCUT2D eigenvalue weighted by atomic mass is 79.9. The molecule has 0 N–H and O–H groups in total. The summed E-state index contributed by atoms with van der Waals surface area (Å²) in [5.74, 6) is 0. The van der Waals surface area contributed by atoms with E-state index in [0.717, 1.165) is 11.9 Å². The molecule has 0 radical (unpaired) electrons. The summed E-state index contributed by atoms with van der Waals surface area (Å²) < 4.78 is 0. The largest absolute Gasteiger partial charge is 0.342 e. The van der Waals surface area contributed by atoms with Crippen LogP contribution in [0, 0.1) is 6.92 Å². The highest BCUT2D eigenvalue weighted by Crippen LogP contribution is 2.30. The first-order valence-corrected chi connectivity index (χ1v) is 7.36. The van der Waals surface area contributed by atoms with Crippen LogP contribution < -0.4 is 4.90 Å². The van der Waals surface area contributed by atoms with Crippen molar-refractivity contribution in [3.63, 3.8) is 0 Å². The molecule has 2 aromatic rings. The van der Waals surface area contributed by atoms with Gasteiger partial charge in [-0.05, 0) is 37.6 Å². The summed E-state index contributed by atoms with van der Waals surface area (Å²) in [6, 6.07) is 17.2. The van der Waals surface area contributed by atoms with Crippen LogP contribution in [0.25, 0.3) is 0 Å². The van der Waals surface area contributed by atoms with E-state index < -0.39 is 0 Å². The van der Waals surface area contributed by atoms with Gasteiger partial charge in [0.05, 0.1) is 0 Å². The van der Waals surface area contributed by atoms with Crippen molar-refractivity contribution in [1.29, 1.82) is 0 Å². The zero-order valence-corrected chi connectivity index (χ0v) is 12.4. The van der Waals surface area contributed by atoms with Crippen molar-refractivity contribution in [2.24, 2.45) is 0 Å². The number of halogens is 1. The van der Waals surface area contributed by atoms with Gasteiger partial charge in [0.15, 0.2) is 0 Å². The van der Waals surface area contributed by atoms with Crippen molar-refractivity contribution in [2.75, 3.05) is 11.4 Å². The Balaban J connectivity index is 2.45. The molecular weight excluding hydrogens is 286 g/mol. The van der Waals surface area contributed by atoms with Crippen molar-refractivity contribution in [3.8, 4) is 0 Å². The molecule has 0 aliphatic rings. The first-order valence-electron chi connectivity index (χ1n) is 6.24. The number of anilines is 2. The van der Waals surface area contributed by atoms with Gasteiger partial charge in [0.1, 0.15) is 0 Å². The Morgan fingerprint density at radius 1 is 1.06 bits per heavy atom. The van der Waals surface area contributed by atoms with Gasteiger partial charge in [-0.3, -0.25) is 0 Å². The van der Waals surface area contributed by atoms with Crippen LogP contribution in [0.1, 0.15) is 18.1 Å². The molecule has 0 aromatic heterocycles. The maximum Gasteiger partial charge on any atom is 0.0451 e. The fourth-order valence-corrected chi connectivity index (χ4v) is 2.63. The van der Waals surface area contributed by atoms with E-state index in [1.165, 1.54) is 22.5 Å². The van der Waals surface area contributed by atoms with Crippen LogP contribution in [0.5, 0.6) is 0 Å². The number of alkyl halides is 1. The van der Waals surface area contributed by atoms with Gasteiger partial charge >= 0.3 is 0 Å². The predicted octanol–water partition coefficient (Wildman–Crippen LogP) is 5.05. The summed E-state index contributed by atoms with van der Waals surface area (Å²) in [6.45, 7) is 5.28. The second-order valence-corrected chi connectivity index (χ2v) is 4.91. The lowest BCUT2D eigenvalue weighted by molar-refractivity contribution is 1.01. The van der Waals surface area contributed by atoms with Crippen LogP contribution in [0.4, 0.5) is 11.4 Å². The van der Waals surface area contributed by atoms with Crippen LogP contribution in [0.15, 0.2) is 48.5 Å². The molecule has 0 spiro atoms. The minimum Gasteiger partial charge on any atom is -0.342 e. The Hall–Kier alpha value is -1.28. The Bertz CT molecular complexity index is 508. The molecule has 0 aliphatic heterocycles. The first kappa shape index (κ1) is 13.2. The lowest BCUT2D eigenvalue weighted by atomic mass is 10.1. The Labute approximate surface area is 118 Å². The Morgan fingerprint density at radius 2 is 1.78 bits per heavy atom. The maximum absolute atomic E-state index is 3.59. The van der Waals surface area contributed by atoms with Gasteiger partial charge < -0.3 is 4.90 Å². The van der Waals surface area contributed by atoms with Crippen molar-refractivity contribution < 1.29 is 0 Å². The number of hydrogen-bond donors (Lipinski definition) is 0. The normalized spacial score (nSPS) is 10.4. The smallest absolute Gasteiger partial charge is 0.0451 e. The van der Waals surface area contributed by atoms with Crippen LogP contribution in [-0.4, -0.2) is 6.54 Å². The van der Waals surface area contributed by atoms with E-state index in [0.29, 0.717) is 0 Å². The molecule has 18 heavy (non-hydrogen) atoms. The zero-order valence-electron chi connectivity index (χ0n) is 10.9. The molecular formula is C16H18BrN. The van der Waals surface area contributed by atoms with Crippen molar-refractivity contribution in [3.05, 3.63) is 59.7 Å². The van der Waals surface area contributed by atoms with Crippen LogP contribution in [0.2, 0.25) is 0 Å². The molecule has 0 heterocycles. The zero-order chi connectivity index (χ0) is 13.0. The monoisotopic (exact) mass is 303 g/mol. The lowest BCUT2D eigenvalue weighted by Crippen LogP contribution is -2.17. The standard InChI is InChI=1S/C16H18BrN/c1-3-18(15-7-5-4-6-8-15)16-10-9-13(2)11-14(16)12-17/h4-11H,3,12H2,1-2H3. The molecule has 0 aliphatic carbocycles. The van der Waals surface area contributed by atoms with Gasteiger partial charge in [0.2, 0.25) is 0 Å². The van der Waals surface area contributed by atoms with Crippen LogP contribution in [0.3, 0.4) is 0 Å². The summed E-state index contributed by atoms with van der Waals surface area (Å²) in [7, 11) is 0. The van der Waals surface area contributed by atoms with Crippen molar-refractivity contribution >= 4 is 27.3 Å².